The Balaban J connectivity index is -0.000000305. The first-order chi connectivity index (χ1) is 7.24. The van der Waals surface area contributed by atoms with Gasteiger partial charge in [0.2, 0.25) is 0 Å². The molecule has 0 aliphatic heterocycles. The summed E-state index contributed by atoms with van der Waals surface area (Å²) in [5, 5.41) is 0. The Hall–Kier alpha value is -0.196. The first-order valence-electron chi connectivity index (χ1n) is 6.33. The van der Waals surface area contributed by atoms with Gasteiger partial charge in [0.15, 0.2) is 0 Å². The van der Waals surface area contributed by atoms with E-state index < -0.39 is 0 Å². The third kappa shape index (κ3) is 9.06. The van der Waals surface area contributed by atoms with E-state index in [1.807, 2.05) is 27.7 Å². The second kappa shape index (κ2) is 14.8. The van der Waals surface area contributed by atoms with Gasteiger partial charge in [-0.05, 0) is 23.5 Å². The molecule has 0 aliphatic carbocycles. The molecule has 0 spiro atoms. The van der Waals surface area contributed by atoms with Crippen molar-refractivity contribution >= 4 is 0 Å². The molecule has 0 bridgehead atoms. The summed E-state index contributed by atoms with van der Waals surface area (Å²) < 4.78 is 0. The van der Waals surface area contributed by atoms with Crippen molar-refractivity contribution in [2.75, 3.05) is 0 Å². The Kier molecular flexibility index (Phi) is 19.5. The van der Waals surface area contributed by atoms with Gasteiger partial charge in [-0.1, -0.05) is 72.7 Å². The topological polar surface area (TPSA) is 0 Å². The van der Waals surface area contributed by atoms with Crippen LogP contribution in [0.2, 0.25) is 0 Å². The Morgan fingerprint density at radius 2 is 1.50 bits per heavy atom. The van der Waals surface area contributed by atoms with Gasteiger partial charge in [0.25, 0.3) is 0 Å². The second-order valence-electron chi connectivity index (χ2n) is 3.25. The van der Waals surface area contributed by atoms with E-state index in [0.29, 0.717) is 5.92 Å². The average molecular weight is 259 g/mol. The summed E-state index contributed by atoms with van der Waals surface area (Å²) in [5.41, 5.74) is 2.89. The Morgan fingerprint density at radius 3 is 1.88 bits per heavy atom. The van der Waals surface area contributed by atoms with Crippen LogP contribution < -0.4 is 0 Å². The summed E-state index contributed by atoms with van der Waals surface area (Å²) in [6, 6.07) is 8.83. The van der Waals surface area contributed by atoms with E-state index >= 15 is 0 Å². The molecule has 0 aliphatic rings. The van der Waals surface area contributed by atoms with E-state index in [1.54, 1.807) is 0 Å². The summed E-state index contributed by atoms with van der Waals surface area (Å²) in [4.78, 5) is 0. The number of rotatable bonds is 2. The average Bonchev–Trinajstić information content (AvgIpc) is 2.34. The van der Waals surface area contributed by atoms with Gasteiger partial charge in [0.05, 0.1) is 0 Å². The molecule has 0 amide bonds. The zero-order chi connectivity index (χ0) is 12.3. The van der Waals surface area contributed by atoms with E-state index in [0.717, 1.165) is 6.42 Å². The predicted molar refractivity (Wildman–Crippen MR) is 72.6 cm³/mol. The fourth-order valence-corrected chi connectivity index (χ4v) is 1.17. The molecule has 1 rings (SSSR count). The zero-order valence-corrected chi connectivity index (χ0v) is 13.4. The second-order valence-corrected chi connectivity index (χ2v) is 3.25. The molecule has 16 heavy (non-hydrogen) atoms. The van der Waals surface area contributed by atoms with Crippen molar-refractivity contribution in [3.63, 3.8) is 0 Å². The zero-order valence-electron chi connectivity index (χ0n) is 12.0. The van der Waals surface area contributed by atoms with Crippen molar-refractivity contribution < 1.29 is 18.6 Å². The molecule has 1 heteroatoms. The Bertz CT molecular complexity index is 229. The van der Waals surface area contributed by atoms with Crippen molar-refractivity contribution in [1.82, 2.24) is 0 Å². The molecule has 0 nitrogen and oxygen atoms in total. The third-order valence-corrected chi connectivity index (χ3v) is 2.03. The minimum Gasteiger partial charge on any atom is -0.0683 e. The quantitative estimate of drug-likeness (QED) is 0.665. The molecule has 0 aromatic heterocycles. The van der Waals surface area contributed by atoms with Crippen molar-refractivity contribution in [2.24, 2.45) is 0 Å². The SMILES string of the molecule is CC.CC.CCc1cccc(C(C)C)c1.[V]. The number of benzene rings is 1. The summed E-state index contributed by atoms with van der Waals surface area (Å²) in [5.74, 6) is 0.654. The molecule has 1 radical (unpaired) electrons. The molecule has 0 N–H and O–H groups in total. The number of aryl methyl sites for hydroxylation is 1. The Morgan fingerprint density at radius 1 is 1.00 bits per heavy atom. The molecular formula is C15H28V. The largest absolute Gasteiger partial charge is 0.0683 e. The van der Waals surface area contributed by atoms with Crippen LogP contribution in [0.25, 0.3) is 0 Å². The predicted octanol–water partition coefficient (Wildman–Crippen LogP) is 5.42. The molecule has 0 heterocycles. The Labute approximate surface area is 115 Å². The molecule has 0 fully saturated rings. The normalized spacial score (nSPS) is 8.00. The van der Waals surface area contributed by atoms with Gasteiger partial charge in [-0.25, -0.2) is 0 Å². The summed E-state index contributed by atoms with van der Waals surface area (Å²) in [6.07, 6.45) is 1.14. The fourth-order valence-electron chi connectivity index (χ4n) is 1.17. The number of hydrogen-bond acceptors (Lipinski definition) is 0. The molecule has 93 valence electrons. The van der Waals surface area contributed by atoms with Crippen molar-refractivity contribution in [2.45, 2.75) is 60.8 Å². The summed E-state index contributed by atoms with van der Waals surface area (Å²) in [7, 11) is 0. The maximum Gasteiger partial charge on any atom is 0 e. The van der Waals surface area contributed by atoms with Crippen molar-refractivity contribution in [3.05, 3.63) is 35.4 Å². The fraction of sp³-hybridized carbons (Fsp3) is 0.600. The van der Waals surface area contributed by atoms with Gasteiger partial charge in [0, 0.05) is 18.6 Å². The molecule has 0 saturated carbocycles. The van der Waals surface area contributed by atoms with Crippen molar-refractivity contribution in [1.29, 1.82) is 0 Å². The van der Waals surface area contributed by atoms with Gasteiger partial charge < -0.3 is 0 Å². The molecule has 0 atom stereocenters. The van der Waals surface area contributed by atoms with E-state index in [-0.39, 0.29) is 18.6 Å². The van der Waals surface area contributed by atoms with Crippen LogP contribution in [-0.4, -0.2) is 0 Å². The van der Waals surface area contributed by atoms with Crippen LogP contribution in [0.1, 0.15) is 65.5 Å². The third-order valence-electron chi connectivity index (χ3n) is 2.03. The molecule has 0 saturated heterocycles. The van der Waals surface area contributed by atoms with Crippen LogP contribution in [0.15, 0.2) is 24.3 Å². The van der Waals surface area contributed by atoms with Gasteiger partial charge in [0.1, 0.15) is 0 Å². The maximum atomic E-state index is 2.30. The van der Waals surface area contributed by atoms with Gasteiger partial charge in [-0.2, -0.15) is 0 Å². The summed E-state index contributed by atoms with van der Waals surface area (Å²) in [6.45, 7) is 14.7. The van der Waals surface area contributed by atoms with Crippen molar-refractivity contribution in [3.8, 4) is 0 Å². The minimum atomic E-state index is 0. The maximum absolute atomic E-state index is 2.30. The van der Waals surface area contributed by atoms with Crippen LogP contribution in [0.4, 0.5) is 0 Å². The van der Waals surface area contributed by atoms with Gasteiger partial charge >= 0.3 is 0 Å². The van der Waals surface area contributed by atoms with Crippen LogP contribution >= 0.6 is 0 Å². The van der Waals surface area contributed by atoms with Gasteiger partial charge in [-0.15, -0.1) is 0 Å². The van der Waals surface area contributed by atoms with E-state index in [2.05, 4.69) is 45.0 Å². The monoisotopic (exact) mass is 259 g/mol. The van der Waals surface area contributed by atoms with E-state index in [4.69, 9.17) is 0 Å². The first kappa shape index (κ1) is 21.1. The minimum absolute atomic E-state index is 0. The first-order valence-corrected chi connectivity index (χ1v) is 6.33. The standard InChI is InChI=1S/C11H16.2C2H6.V/c1-4-10-6-5-7-11(8-10)9(2)3;2*1-2;/h5-9H,4H2,1-3H3;2*1-2H3;. The number of hydrogen-bond donors (Lipinski definition) is 0. The van der Waals surface area contributed by atoms with E-state index in [9.17, 15) is 0 Å². The van der Waals surface area contributed by atoms with Crippen LogP contribution in [-0.2, 0) is 25.0 Å². The van der Waals surface area contributed by atoms with Crippen LogP contribution in [0, 0.1) is 0 Å². The summed E-state index contributed by atoms with van der Waals surface area (Å²) >= 11 is 0. The molecule has 0 unspecified atom stereocenters. The van der Waals surface area contributed by atoms with Crippen LogP contribution in [0.5, 0.6) is 0 Å². The van der Waals surface area contributed by atoms with Crippen LogP contribution in [0.3, 0.4) is 0 Å². The smallest absolute Gasteiger partial charge is 0 e. The van der Waals surface area contributed by atoms with Gasteiger partial charge in [-0.3, -0.25) is 0 Å². The molecular weight excluding hydrogens is 231 g/mol. The van der Waals surface area contributed by atoms with E-state index in [1.165, 1.54) is 11.1 Å². The molecule has 1 aromatic carbocycles. The molecule has 1 aromatic rings.